The van der Waals surface area contributed by atoms with Crippen LogP contribution in [-0.2, 0) is 0 Å². The number of nitrogens with zero attached hydrogens (tertiary/aromatic N) is 2. The van der Waals surface area contributed by atoms with E-state index in [2.05, 4.69) is 43.0 Å². The van der Waals surface area contributed by atoms with E-state index in [9.17, 15) is 0 Å². The number of hydrogen-bond donors (Lipinski definition) is 0. The van der Waals surface area contributed by atoms with E-state index in [1.807, 2.05) is 26.0 Å². The van der Waals surface area contributed by atoms with Gasteiger partial charge >= 0.3 is 0 Å². The lowest BCUT2D eigenvalue weighted by atomic mass is 9.92. The normalized spacial score (nSPS) is 23.0. The zero-order valence-corrected chi connectivity index (χ0v) is 13.6. The number of likely N-dealkylation sites (N-methyl/N-ethyl adjacent to an activating group) is 1. The van der Waals surface area contributed by atoms with E-state index in [-0.39, 0.29) is 0 Å². The minimum atomic E-state index is 0.638. The summed E-state index contributed by atoms with van der Waals surface area (Å²) < 4.78 is 0. The van der Waals surface area contributed by atoms with Gasteiger partial charge in [-0.2, -0.15) is 0 Å². The number of anilines is 1. The van der Waals surface area contributed by atoms with E-state index in [1.165, 1.54) is 12.1 Å². The Bertz CT molecular complexity index is 362. The number of halogens is 1. The second-order valence-electron chi connectivity index (χ2n) is 5.22. The monoisotopic (exact) mass is 282 g/mol. The molecule has 2 unspecified atom stereocenters. The van der Waals surface area contributed by atoms with Crippen molar-refractivity contribution in [2.45, 2.75) is 33.2 Å². The summed E-state index contributed by atoms with van der Waals surface area (Å²) >= 11 is 5.93. The number of piperidine rings is 1. The summed E-state index contributed by atoms with van der Waals surface area (Å²) in [4.78, 5) is 4.80. The van der Waals surface area contributed by atoms with Gasteiger partial charge in [-0.1, -0.05) is 32.4 Å². The highest BCUT2D eigenvalue weighted by molar-refractivity contribution is 6.30. The van der Waals surface area contributed by atoms with E-state index in [4.69, 9.17) is 11.6 Å². The van der Waals surface area contributed by atoms with Crippen LogP contribution in [0.3, 0.4) is 0 Å². The fourth-order valence-corrected chi connectivity index (χ4v) is 2.73. The van der Waals surface area contributed by atoms with Gasteiger partial charge in [0.15, 0.2) is 0 Å². The number of benzene rings is 1. The lowest BCUT2D eigenvalue weighted by molar-refractivity contribution is 0.195. The van der Waals surface area contributed by atoms with Crippen LogP contribution in [0.15, 0.2) is 24.3 Å². The van der Waals surface area contributed by atoms with Crippen molar-refractivity contribution in [3.8, 4) is 0 Å². The molecule has 0 aromatic heterocycles. The Morgan fingerprint density at radius 1 is 1.16 bits per heavy atom. The molecule has 1 aliphatic heterocycles. The topological polar surface area (TPSA) is 6.48 Å². The molecule has 3 heteroatoms. The molecule has 0 spiro atoms. The first-order chi connectivity index (χ1) is 9.08. The predicted octanol–water partition coefficient (Wildman–Crippen LogP) is 4.14. The van der Waals surface area contributed by atoms with Gasteiger partial charge in [0.05, 0.1) is 0 Å². The van der Waals surface area contributed by atoms with Crippen molar-refractivity contribution in [2.75, 3.05) is 32.1 Å². The third kappa shape index (κ3) is 4.39. The molecule has 2 rings (SSSR count). The molecule has 2 atom stereocenters. The Balaban J connectivity index is 0.000000861. The average molecular weight is 283 g/mol. The Morgan fingerprint density at radius 3 is 2.26 bits per heavy atom. The standard InChI is InChI=1S/C14H21ClN2.C2H6/c1-11-8-9-17(10-14(11)16(2)3)13-6-4-12(15)5-7-13;1-2/h4-7,11,14H,8-10H2,1-3H3;1-2H3. The molecule has 2 nitrogen and oxygen atoms in total. The molecule has 1 fully saturated rings. The van der Waals surface area contributed by atoms with Crippen LogP contribution < -0.4 is 4.90 Å². The smallest absolute Gasteiger partial charge is 0.0407 e. The molecule has 1 aliphatic rings. The third-order valence-electron chi connectivity index (χ3n) is 3.77. The number of rotatable bonds is 2. The average Bonchev–Trinajstić information content (AvgIpc) is 2.42. The molecule has 0 N–H and O–H groups in total. The van der Waals surface area contributed by atoms with Crippen molar-refractivity contribution in [2.24, 2.45) is 5.92 Å². The van der Waals surface area contributed by atoms with Crippen molar-refractivity contribution < 1.29 is 0 Å². The SMILES string of the molecule is CC.CC1CCN(c2ccc(Cl)cc2)CC1N(C)C. The van der Waals surface area contributed by atoms with Crippen molar-refractivity contribution in [3.63, 3.8) is 0 Å². The number of hydrogen-bond acceptors (Lipinski definition) is 2. The third-order valence-corrected chi connectivity index (χ3v) is 4.03. The van der Waals surface area contributed by atoms with Crippen LogP contribution in [0.25, 0.3) is 0 Å². The van der Waals surface area contributed by atoms with Gasteiger partial charge in [-0.3, -0.25) is 0 Å². The van der Waals surface area contributed by atoms with E-state index in [0.717, 1.165) is 24.0 Å². The van der Waals surface area contributed by atoms with E-state index < -0.39 is 0 Å². The van der Waals surface area contributed by atoms with Crippen LogP contribution in [0.5, 0.6) is 0 Å². The molecule has 0 amide bonds. The molecule has 1 aromatic rings. The lowest BCUT2D eigenvalue weighted by Crippen LogP contribution is -2.49. The van der Waals surface area contributed by atoms with Gasteiger partial charge in [-0.05, 0) is 50.7 Å². The van der Waals surface area contributed by atoms with Crippen molar-refractivity contribution in [3.05, 3.63) is 29.3 Å². The predicted molar refractivity (Wildman–Crippen MR) is 86.3 cm³/mol. The van der Waals surface area contributed by atoms with E-state index in [0.29, 0.717) is 6.04 Å². The maximum absolute atomic E-state index is 5.93. The minimum absolute atomic E-state index is 0.638. The van der Waals surface area contributed by atoms with Gasteiger partial charge in [0.1, 0.15) is 0 Å². The highest BCUT2D eigenvalue weighted by atomic mass is 35.5. The summed E-state index contributed by atoms with van der Waals surface area (Å²) in [6.45, 7) is 8.60. The van der Waals surface area contributed by atoms with Gasteiger partial charge in [-0.25, -0.2) is 0 Å². The summed E-state index contributed by atoms with van der Waals surface area (Å²) in [7, 11) is 4.35. The second-order valence-corrected chi connectivity index (χ2v) is 5.66. The first-order valence-electron chi connectivity index (χ1n) is 7.25. The second kappa shape index (κ2) is 7.76. The molecule has 1 aromatic carbocycles. The Labute approximate surface area is 123 Å². The largest absolute Gasteiger partial charge is 0.370 e. The van der Waals surface area contributed by atoms with Crippen LogP contribution >= 0.6 is 11.6 Å². The fourth-order valence-electron chi connectivity index (χ4n) is 2.61. The molecule has 19 heavy (non-hydrogen) atoms. The van der Waals surface area contributed by atoms with Gasteiger partial charge in [0.2, 0.25) is 0 Å². The Kier molecular flexibility index (Phi) is 6.67. The van der Waals surface area contributed by atoms with Crippen LogP contribution in [0.2, 0.25) is 5.02 Å². The molecule has 0 saturated carbocycles. The zero-order chi connectivity index (χ0) is 14.4. The van der Waals surface area contributed by atoms with Gasteiger partial charge in [-0.15, -0.1) is 0 Å². The van der Waals surface area contributed by atoms with Crippen LogP contribution in [0.1, 0.15) is 27.2 Å². The molecule has 0 bridgehead atoms. The molecule has 0 radical (unpaired) electrons. The van der Waals surface area contributed by atoms with Crippen LogP contribution in [0.4, 0.5) is 5.69 Å². The zero-order valence-electron chi connectivity index (χ0n) is 12.9. The Morgan fingerprint density at radius 2 is 1.74 bits per heavy atom. The Hall–Kier alpha value is -0.730. The van der Waals surface area contributed by atoms with Gasteiger partial charge in [0.25, 0.3) is 0 Å². The molecule has 108 valence electrons. The van der Waals surface area contributed by atoms with Crippen LogP contribution in [-0.4, -0.2) is 38.1 Å². The first-order valence-corrected chi connectivity index (χ1v) is 7.62. The summed E-state index contributed by atoms with van der Waals surface area (Å²) in [5.41, 5.74) is 1.29. The highest BCUT2D eigenvalue weighted by Gasteiger charge is 2.27. The lowest BCUT2D eigenvalue weighted by Gasteiger charge is -2.41. The van der Waals surface area contributed by atoms with E-state index in [1.54, 1.807) is 0 Å². The molecule has 1 heterocycles. The summed E-state index contributed by atoms with van der Waals surface area (Å²) in [6, 6.07) is 8.81. The summed E-state index contributed by atoms with van der Waals surface area (Å²) in [5, 5.41) is 0.809. The maximum Gasteiger partial charge on any atom is 0.0407 e. The molecular formula is C16H27ClN2. The van der Waals surface area contributed by atoms with Crippen molar-refractivity contribution in [1.29, 1.82) is 0 Å². The summed E-state index contributed by atoms with van der Waals surface area (Å²) in [6.07, 6.45) is 1.26. The van der Waals surface area contributed by atoms with E-state index >= 15 is 0 Å². The molecular weight excluding hydrogens is 256 g/mol. The van der Waals surface area contributed by atoms with Crippen LogP contribution in [0, 0.1) is 5.92 Å². The van der Waals surface area contributed by atoms with Crippen molar-refractivity contribution in [1.82, 2.24) is 4.90 Å². The quantitative estimate of drug-likeness (QED) is 0.804. The molecule has 1 saturated heterocycles. The van der Waals surface area contributed by atoms with Gasteiger partial charge < -0.3 is 9.80 Å². The highest BCUT2D eigenvalue weighted by Crippen LogP contribution is 2.26. The minimum Gasteiger partial charge on any atom is -0.370 e. The summed E-state index contributed by atoms with van der Waals surface area (Å²) in [5.74, 6) is 0.772. The first kappa shape index (κ1) is 16.3. The van der Waals surface area contributed by atoms with Crippen molar-refractivity contribution >= 4 is 17.3 Å². The maximum atomic E-state index is 5.93. The fraction of sp³-hybridized carbons (Fsp3) is 0.625. The molecule has 0 aliphatic carbocycles. The van der Waals surface area contributed by atoms with Gasteiger partial charge in [0, 0.05) is 29.8 Å².